The largest absolute Gasteiger partial charge is 0.387 e. The zero-order chi connectivity index (χ0) is 17.8. The first-order valence-electron chi connectivity index (χ1n) is 8.29. The van der Waals surface area contributed by atoms with Gasteiger partial charge in [-0.1, -0.05) is 23.7 Å². The molecule has 0 spiro atoms. The summed E-state index contributed by atoms with van der Waals surface area (Å²) in [6.45, 7) is 5.77. The Labute approximate surface area is 154 Å². The van der Waals surface area contributed by atoms with E-state index in [1.54, 1.807) is 11.8 Å². The number of hydrogen-bond donors (Lipinski definition) is 1. The van der Waals surface area contributed by atoms with E-state index in [0.29, 0.717) is 17.6 Å². The number of halogens is 1. The zero-order valence-electron chi connectivity index (χ0n) is 14.2. The van der Waals surface area contributed by atoms with Crippen molar-refractivity contribution in [1.82, 2.24) is 25.0 Å². The predicted molar refractivity (Wildman–Crippen MR) is 93.3 cm³/mol. The van der Waals surface area contributed by atoms with Crippen LogP contribution >= 0.6 is 23.4 Å². The van der Waals surface area contributed by atoms with Crippen molar-refractivity contribution in [3.63, 3.8) is 0 Å². The molecule has 2 aromatic heterocycles. The second kappa shape index (κ2) is 6.02. The van der Waals surface area contributed by atoms with Crippen molar-refractivity contribution < 1.29 is 14.6 Å². The Morgan fingerprint density at radius 3 is 3.00 bits per heavy atom. The third-order valence-corrected chi connectivity index (χ3v) is 6.38. The van der Waals surface area contributed by atoms with Crippen LogP contribution in [-0.4, -0.2) is 59.1 Å². The number of fused-ring (bicyclic) bond motifs is 2. The van der Waals surface area contributed by atoms with Crippen molar-refractivity contribution >= 4 is 34.5 Å². The SMILES string of the molecule is CCCSC1CC2OC(C)(C)OC2(n2nnc3c(Cl)ncnc32)C1O. The summed E-state index contributed by atoms with van der Waals surface area (Å²) in [5.41, 5.74) is -0.379. The summed E-state index contributed by atoms with van der Waals surface area (Å²) < 4.78 is 13.9. The van der Waals surface area contributed by atoms with Crippen molar-refractivity contribution in [1.29, 1.82) is 0 Å². The van der Waals surface area contributed by atoms with Gasteiger partial charge in [0.05, 0.1) is 0 Å². The quantitative estimate of drug-likeness (QED) is 0.798. The first kappa shape index (κ1) is 17.4. The van der Waals surface area contributed by atoms with Gasteiger partial charge in [0.1, 0.15) is 18.5 Å². The van der Waals surface area contributed by atoms with Gasteiger partial charge >= 0.3 is 0 Å². The standard InChI is InChI=1S/C15H20ClN5O3S/c1-4-5-25-8-6-9-15(11(8)22,24-14(2,3)23-9)21-13-10(19-20-21)12(16)17-7-18-13/h7-9,11,22H,4-6H2,1-3H3. The Morgan fingerprint density at radius 2 is 2.24 bits per heavy atom. The van der Waals surface area contributed by atoms with Gasteiger partial charge in [0.25, 0.3) is 0 Å². The lowest BCUT2D eigenvalue weighted by atomic mass is 10.1. The van der Waals surface area contributed by atoms with Crippen LogP contribution < -0.4 is 0 Å². The highest BCUT2D eigenvalue weighted by Gasteiger charge is 2.67. The highest BCUT2D eigenvalue weighted by Crippen LogP contribution is 2.53. The van der Waals surface area contributed by atoms with Crippen molar-refractivity contribution in [2.75, 3.05) is 5.75 Å². The number of rotatable bonds is 4. The molecule has 1 N–H and O–H groups in total. The number of aromatic nitrogens is 5. The van der Waals surface area contributed by atoms with Crippen molar-refractivity contribution in [2.45, 2.75) is 62.6 Å². The minimum absolute atomic E-state index is 0.0161. The normalized spacial score (nSPS) is 33.9. The fourth-order valence-electron chi connectivity index (χ4n) is 3.67. The van der Waals surface area contributed by atoms with Gasteiger partial charge in [-0.2, -0.15) is 16.4 Å². The van der Waals surface area contributed by atoms with Gasteiger partial charge in [-0.05, 0) is 32.4 Å². The van der Waals surface area contributed by atoms with Crippen LogP contribution in [0.3, 0.4) is 0 Å². The average molecular weight is 386 g/mol. The molecule has 0 aromatic carbocycles. The van der Waals surface area contributed by atoms with E-state index in [9.17, 15) is 5.11 Å². The molecule has 1 aliphatic heterocycles. The van der Waals surface area contributed by atoms with E-state index in [1.807, 2.05) is 13.8 Å². The lowest BCUT2D eigenvalue weighted by Crippen LogP contribution is -2.50. The van der Waals surface area contributed by atoms with E-state index in [-0.39, 0.29) is 16.5 Å². The lowest BCUT2D eigenvalue weighted by molar-refractivity contribution is -0.215. The summed E-state index contributed by atoms with van der Waals surface area (Å²) in [6.07, 6.45) is 1.88. The molecular formula is C15H20ClN5O3S. The molecule has 25 heavy (non-hydrogen) atoms. The number of aliphatic hydroxyl groups is 1. The van der Waals surface area contributed by atoms with Gasteiger partial charge in [0.2, 0.25) is 5.72 Å². The number of aliphatic hydroxyl groups excluding tert-OH is 1. The smallest absolute Gasteiger partial charge is 0.220 e. The van der Waals surface area contributed by atoms with Gasteiger partial charge in [0.15, 0.2) is 22.1 Å². The van der Waals surface area contributed by atoms with Gasteiger partial charge in [0, 0.05) is 5.25 Å². The van der Waals surface area contributed by atoms with Crippen LogP contribution in [0.4, 0.5) is 0 Å². The van der Waals surface area contributed by atoms with Crippen LogP contribution in [0.25, 0.3) is 11.2 Å². The summed E-state index contributed by atoms with van der Waals surface area (Å²) in [7, 11) is 0. The molecule has 1 saturated heterocycles. The summed E-state index contributed by atoms with van der Waals surface area (Å²) in [5.74, 6) is 0.112. The van der Waals surface area contributed by atoms with Gasteiger partial charge in [-0.3, -0.25) is 0 Å². The number of hydrogen-bond acceptors (Lipinski definition) is 8. The molecule has 0 amide bonds. The Balaban J connectivity index is 1.83. The Morgan fingerprint density at radius 1 is 1.44 bits per heavy atom. The van der Waals surface area contributed by atoms with Gasteiger partial charge in [-0.15, -0.1) is 5.10 Å². The Kier molecular flexibility index (Phi) is 4.19. The number of ether oxygens (including phenoxy) is 2. The topological polar surface area (TPSA) is 95.2 Å². The third-order valence-electron chi connectivity index (χ3n) is 4.58. The molecule has 4 atom stereocenters. The number of thioether (sulfide) groups is 1. The average Bonchev–Trinajstić information content (AvgIpc) is 3.17. The zero-order valence-corrected chi connectivity index (χ0v) is 15.8. The van der Waals surface area contributed by atoms with Crippen molar-refractivity contribution in [3.8, 4) is 0 Å². The highest BCUT2D eigenvalue weighted by atomic mass is 35.5. The molecule has 0 radical (unpaired) electrons. The summed E-state index contributed by atoms with van der Waals surface area (Å²) in [4.78, 5) is 8.19. The molecule has 3 heterocycles. The van der Waals surface area contributed by atoms with E-state index < -0.39 is 17.6 Å². The van der Waals surface area contributed by atoms with Crippen LogP contribution in [0.1, 0.15) is 33.6 Å². The molecule has 1 saturated carbocycles. The van der Waals surface area contributed by atoms with Crippen LogP contribution in [0.2, 0.25) is 5.15 Å². The van der Waals surface area contributed by atoms with E-state index in [2.05, 4.69) is 27.2 Å². The molecule has 136 valence electrons. The molecule has 2 aromatic rings. The van der Waals surface area contributed by atoms with Crippen molar-refractivity contribution in [2.24, 2.45) is 0 Å². The van der Waals surface area contributed by atoms with Crippen LogP contribution in [0.15, 0.2) is 6.33 Å². The van der Waals surface area contributed by atoms with Crippen LogP contribution in [0.5, 0.6) is 0 Å². The summed E-state index contributed by atoms with van der Waals surface area (Å²) >= 11 is 7.82. The van der Waals surface area contributed by atoms with Crippen LogP contribution in [-0.2, 0) is 15.2 Å². The van der Waals surface area contributed by atoms with E-state index in [1.165, 1.54) is 11.0 Å². The minimum Gasteiger partial charge on any atom is -0.387 e. The molecule has 4 rings (SSSR count). The van der Waals surface area contributed by atoms with E-state index in [0.717, 1.165) is 12.2 Å². The van der Waals surface area contributed by atoms with Gasteiger partial charge < -0.3 is 14.6 Å². The molecule has 8 nitrogen and oxygen atoms in total. The highest BCUT2D eigenvalue weighted by molar-refractivity contribution is 7.99. The molecule has 4 unspecified atom stereocenters. The maximum Gasteiger partial charge on any atom is 0.220 e. The Hall–Kier alpha value is -1.00. The van der Waals surface area contributed by atoms with Crippen LogP contribution in [0, 0.1) is 0 Å². The lowest BCUT2D eigenvalue weighted by Gasteiger charge is -2.33. The fraction of sp³-hybridized carbons (Fsp3) is 0.733. The third kappa shape index (κ3) is 2.56. The van der Waals surface area contributed by atoms with E-state index in [4.69, 9.17) is 21.1 Å². The second-order valence-electron chi connectivity index (χ2n) is 6.79. The second-order valence-corrected chi connectivity index (χ2v) is 8.49. The maximum absolute atomic E-state index is 11.2. The van der Waals surface area contributed by atoms with E-state index >= 15 is 0 Å². The monoisotopic (exact) mass is 385 g/mol. The first-order chi connectivity index (χ1) is 11.9. The maximum atomic E-state index is 11.2. The molecule has 2 aliphatic rings. The van der Waals surface area contributed by atoms with Gasteiger partial charge in [-0.25, -0.2) is 9.97 Å². The summed E-state index contributed by atoms with van der Waals surface area (Å²) in [6, 6.07) is 0. The molecule has 0 bridgehead atoms. The Bertz CT molecular complexity index is 803. The minimum atomic E-state index is -1.18. The summed E-state index contributed by atoms with van der Waals surface area (Å²) in [5, 5.41) is 19.7. The molecule has 2 fully saturated rings. The predicted octanol–water partition coefficient (Wildman–Crippen LogP) is 1.96. The number of nitrogens with zero attached hydrogens (tertiary/aromatic N) is 5. The fourth-order valence-corrected chi connectivity index (χ4v) is 5.07. The molecule has 10 heteroatoms. The molecular weight excluding hydrogens is 366 g/mol. The van der Waals surface area contributed by atoms with Crippen molar-refractivity contribution in [3.05, 3.63) is 11.5 Å². The molecule has 1 aliphatic carbocycles. The first-order valence-corrected chi connectivity index (χ1v) is 9.72.